The summed E-state index contributed by atoms with van der Waals surface area (Å²) in [6.07, 6.45) is 2.86. The van der Waals surface area contributed by atoms with Crippen LogP contribution in [0.15, 0.2) is 47.4 Å². The van der Waals surface area contributed by atoms with Gasteiger partial charge in [0.15, 0.2) is 0 Å². The predicted molar refractivity (Wildman–Crippen MR) is 124 cm³/mol. The summed E-state index contributed by atoms with van der Waals surface area (Å²) in [5.41, 5.74) is 6.89. The highest BCUT2D eigenvalue weighted by Crippen LogP contribution is 2.26. The van der Waals surface area contributed by atoms with Gasteiger partial charge in [0.25, 0.3) is 11.5 Å². The summed E-state index contributed by atoms with van der Waals surface area (Å²) in [5.74, 6) is -1.51. The van der Waals surface area contributed by atoms with E-state index in [-0.39, 0.29) is 11.5 Å². The monoisotopic (exact) mass is 471 g/mol. The van der Waals surface area contributed by atoms with Crippen LogP contribution < -0.4 is 16.2 Å². The van der Waals surface area contributed by atoms with Crippen LogP contribution in [0.2, 0.25) is 5.02 Å². The van der Waals surface area contributed by atoms with Crippen molar-refractivity contribution in [3.05, 3.63) is 73.3 Å². The Balaban J connectivity index is 1.53. The number of nitrogens with two attached hydrogens (primary N) is 1. The third-order valence-corrected chi connectivity index (χ3v) is 6.18. The standard InChI is InChI=1S/C21H18ClN5O4S/c22-12-2-1-3-13(8-12)27(10-16(28)29)20(31)15-7-6-14(32-15)5-4-11-9-24-18-17(11)19(30)26-21(23)25-18/h1-3,6-9H,4-5,10H2,(H,28,29)(H4,23,24,25,26,30). The number of aliphatic carboxylic acids is 1. The van der Waals surface area contributed by atoms with Crippen LogP contribution in [0.5, 0.6) is 0 Å². The highest BCUT2D eigenvalue weighted by molar-refractivity contribution is 7.14. The molecule has 0 aliphatic rings. The minimum absolute atomic E-state index is 0.0444. The highest BCUT2D eigenvalue weighted by Gasteiger charge is 2.22. The highest BCUT2D eigenvalue weighted by atomic mass is 35.5. The van der Waals surface area contributed by atoms with Gasteiger partial charge in [0.05, 0.1) is 10.3 Å². The van der Waals surface area contributed by atoms with Gasteiger partial charge in [0.1, 0.15) is 12.2 Å². The lowest BCUT2D eigenvalue weighted by molar-refractivity contribution is -0.135. The lowest BCUT2D eigenvalue weighted by atomic mass is 10.1. The number of fused-ring (bicyclic) bond motifs is 1. The van der Waals surface area contributed by atoms with Gasteiger partial charge in [-0.25, -0.2) is 0 Å². The molecule has 1 aromatic carbocycles. The number of carbonyl (C=O) groups excluding carboxylic acids is 1. The number of carbonyl (C=O) groups is 2. The summed E-state index contributed by atoms with van der Waals surface area (Å²) < 4.78 is 0. The summed E-state index contributed by atoms with van der Waals surface area (Å²) in [6, 6.07) is 9.99. The molecular weight excluding hydrogens is 454 g/mol. The SMILES string of the molecule is Nc1nc2[nH]cc(CCc3ccc(C(=O)N(CC(=O)O)c4cccc(Cl)c4)s3)c2c(=O)[nH]1. The van der Waals surface area contributed by atoms with Crippen LogP contribution in [-0.2, 0) is 17.6 Å². The van der Waals surface area contributed by atoms with Crippen LogP contribution in [-0.4, -0.2) is 38.5 Å². The number of nitrogens with one attached hydrogen (secondary N) is 2. The van der Waals surface area contributed by atoms with Gasteiger partial charge in [-0.05, 0) is 48.7 Å². The number of aryl methyl sites for hydroxylation is 2. The first kappa shape index (κ1) is 21.6. The first-order valence-corrected chi connectivity index (χ1v) is 10.7. The number of rotatable bonds is 7. The summed E-state index contributed by atoms with van der Waals surface area (Å²) in [5, 5.41) is 10.1. The number of nitrogen functional groups attached to an aromatic ring is 1. The van der Waals surface area contributed by atoms with Crippen molar-refractivity contribution in [2.24, 2.45) is 0 Å². The molecule has 0 bridgehead atoms. The van der Waals surface area contributed by atoms with Gasteiger partial charge in [-0.15, -0.1) is 11.3 Å². The van der Waals surface area contributed by atoms with Crippen LogP contribution in [0, 0.1) is 0 Å². The lowest BCUT2D eigenvalue weighted by Gasteiger charge is -2.20. The van der Waals surface area contributed by atoms with Gasteiger partial charge in [-0.1, -0.05) is 17.7 Å². The van der Waals surface area contributed by atoms with E-state index >= 15 is 0 Å². The average Bonchev–Trinajstić information content (AvgIpc) is 3.37. The van der Waals surface area contributed by atoms with Crippen LogP contribution >= 0.6 is 22.9 Å². The molecular formula is C21H18ClN5O4S. The molecule has 11 heteroatoms. The van der Waals surface area contributed by atoms with Crippen molar-refractivity contribution in [3.63, 3.8) is 0 Å². The Labute approximate surface area is 190 Å². The van der Waals surface area contributed by atoms with E-state index in [9.17, 15) is 19.5 Å². The van der Waals surface area contributed by atoms with Crippen molar-refractivity contribution in [1.82, 2.24) is 15.0 Å². The number of hydrogen-bond donors (Lipinski definition) is 4. The molecule has 4 rings (SSSR count). The van der Waals surface area contributed by atoms with Gasteiger partial charge in [-0.2, -0.15) is 4.98 Å². The van der Waals surface area contributed by atoms with Gasteiger partial charge < -0.3 is 15.8 Å². The Morgan fingerprint density at radius 2 is 2.03 bits per heavy atom. The summed E-state index contributed by atoms with van der Waals surface area (Å²) >= 11 is 7.29. The number of benzene rings is 1. The lowest BCUT2D eigenvalue weighted by Crippen LogP contribution is -2.35. The summed E-state index contributed by atoms with van der Waals surface area (Å²) in [7, 11) is 0. The van der Waals surface area contributed by atoms with Crippen LogP contribution in [0.4, 0.5) is 11.6 Å². The third-order valence-electron chi connectivity index (χ3n) is 4.81. The zero-order chi connectivity index (χ0) is 22.8. The van der Waals surface area contributed by atoms with E-state index < -0.39 is 18.4 Å². The zero-order valence-electron chi connectivity index (χ0n) is 16.6. The molecule has 0 atom stereocenters. The molecule has 0 aliphatic carbocycles. The molecule has 4 aromatic rings. The van der Waals surface area contributed by atoms with E-state index in [1.54, 1.807) is 36.5 Å². The van der Waals surface area contributed by atoms with E-state index in [1.165, 1.54) is 16.2 Å². The fraction of sp³-hybridized carbons (Fsp3) is 0.143. The van der Waals surface area contributed by atoms with Crippen LogP contribution in [0.1, 0.15) is 20.1 Å². The molecule has 5 N–H and O–H groups in total. The van der Waals surface area contributed by atoms with Gasteiger partial charge >= 0.3 is 5.97 Å². The zero-order valence-corrected chi connectivity index (χ0v) is 18.2. The second-order valence-corrected chi connectivity index (χ2v) is 8.62. The molecule has 0 radical (unpaired) electrons. The fourth-order valence-electron chi connectivity index (χ4n) is 3.40. The largest absolute Gasteiger partial charge is 0.480 e. The summed E-state index contributed by atoms with van der Waals surface area (Å²) in [6.45, 7) is -0.485. The molecule has 0 unspecified atom stereocenters. The van der Waals surface area contributed by atoms with Crippen LogP contribution in [0.25, 0.3) is 11.0 Å². The van der Waals surface area contributed by atoms with E-state index in [4.69, 9.17) is 17.3 Å². The van der Waals surface area contributed by atoms with E-state index in [0.29, 0.717) is 39.5 Å². The molecule has 3 heterocycles. The van der Waals surface area contributed by atoms with E-state index in [0.717, 1.165) is 10.4 Å². The molecule has 0 saturated carbocycles. The summed E-state index contributed by atoms with van der Waals surface area (Å²) in [4.78, 5) is 48.6. The number of halogens is 1. The van der Waals surface area contributed by atoms with Gasteiger partial charge in [-0.3, -0.25) is 24.3 Å². The van der Waals surface area contributed by atoms with Crippen molar-refractivity contribution < 1.29 is 14.7 Å². The number of hydrogen-bond acceptors (Lipinski definition) is 6. The molecule has 3 aromatic heterocycles. The van der Waals surface area contributed by atoms with Crippen molar-refractivity contribution in [2.75, 3.05) is 17.2 Å². The van der Waals surface area contributed by atoms with Crippen molar-refractivity contribution in [1.29, 1.82) is 0 Å². The number of carboxylic acids is 1. The molecule has 0 fully saturated rings. The van der Waals surface area contributed by atoms with Crippen molar-refractivity contribution in [2.45, 2.75) is 12.8 Å². The molecule has 32 heavy (non-hydrogen) atoms. The maximum atomic E-state index is 13.0. The number of aromatic amines is 2. The quantitative estimate of drug-likeness (QED) is 0.326. The second-order valence-electron chi connectivity index (χ2n) is 7.02. The van der Waals surface area contributed by atoms with Gasteiger partial charge in [0, 0.05) is 21.8 Å². The number of carboxylic acid groups (broad SMARTS) is 1. The Morgan fingerprint density at radius 3 is 2.78 bits per heavy atom. The van der Waals surface area contributed by atoms with E-state index in [2.05, 4.69) is 15.0 Å². The smallest absolute Gasteiger partial charge is 0.323 e. The molecule has 9 nitrogen and oxygen atoms in total. The first-order valence-electron chi connectivity index (χ1n) is 9.55. The maximum absolute atomic E-state index is 13.0. The predicted octanol–water partition coefficient (Wildman–Crippen LogP) is 3.06. The minimum Gasteiger partial charge on any atom is -0.480 e. The number of nitrogens with zero attached hydrogens (tertiary/aromatic N) is 2. The Bertz CT molecular complexity index is 1380. The second kappa shape index (κ2) is 8.85. The molecule has 0 aliphatic heterocycles. The Hall–Kier alpha value is -3.63. The molecule has 0 saturated heterocycles. The molecule has 1 amide bonds. The minimum atomic E-state index is -1.13. The maximum Gasteiger partial charge on any atom is 0.323 e. The Morgan fingerprint density at radius 1 is 1.22 bits per heavy atom. The third kappa shape index (κ3) is 4.51. The number of amides is 1. The number of H-pyrrole nitrogens is 2. The van der Waals surface area contributed by atoms with E-state index in [1.807, 2.05) is 6.07 Å². The topological polar surface area (TPSA) is 145 Å². The van der Waals surface area contributed by atoms with Crippen molar-refractivity contribution in [3.8, 4) is 0 Å². The number of thiophene rings is 1. The van der Waals surface area contributed by atoms with Gasteiger partial charge in [0.2, 0.25) is 5.95 Å². The normalized spacial score (nSPS) is 11.0. The van der Waals surface area contributed by atoms with Crippen molar-refractivity contribution >= 4 is 57.5 Å². The van der Waals surface area contributed by atoms with Crippen LogP contribution in [0.3, 0.4) is 0 Å². The Kier molecular flexibility index (Phi) is 5.97. The fourth-order valence-corrected chi connectivity index (χ4v) is 4.54. The number of anilines is 2. The molecule has 0 spiro atoms. The average molecular weight is 472 g/mol. The number of aromatic nitrogens is 3. The first-order chi connectivity index (χ1) is 15.3. The molecule has 164 valence electrons.